The Kier molecular flexibility index (Phi) is 6.04. The molecule has 0 atom stereocenters. The molecule has 4 aromatic rings. The Balaban J connectivity index is 1.82. The van der Waals surface area contributed by atoms with Crippen molar-refractivity contribution in [2.24, 2.45) is 0 Å². The van der Waals surface area contributed by atoms with Crippen LogP contribution in [0.1, 0.15) is 51.3 Å². The number of hydrogen-bond donors (Lipinski definition) is 3. The molecule has 0 aliphatic heterocycles. The summed E-state index contributed by atoms with van der Waals surface area (Å²) in [6, 6.07) is 11.8. The molecule has 1 amide bonds. The van der Waals surface area contributed by atoms with Gasteiger partial charge in [0.1, 0.15) is 10.3 Å². The molecule has 3 N–H and O–H groups in total. The zero-order chi connectivity index (χ0) is 24.8. The summed E-state index contributed by atoms with van der Waals surface area (Å²) in [4.78, 5) is 28.0. The minimum Gasteiger partial charge on any atom is -0.444 e. The smallest absolute Gasteiger partial charge is 0.408 e. The highest BCUT2D eigenvalue weighted by Crippen LogP contribution is 2.38. The van der Waals surface area contributed by atoms with Gasteiger partial charge < -0.3 is 20.1 Å². The molecule has 4 rings (SSSR count). The first-order chi connectivity index (χ1) is 15.9. The number of hydrogen-bond acceptors (Lipinski definition) is 5. The Morgan fingerprint density at radius 2 is 1.79 bits per heavy atom. The number of carbonyl (C=O) groups is 1. The molecule has 0 bridgehead atoms. The number of rotatable bonds is 4. The topological polar surface area (TPSA) is 91.4 Å². The van der Waals surface area contributed by atoms with E-state index in [4.69, 9.17) is 4.74 Å². The second-order valence-corrected chi connectivity index (χ2v) is 11.0. The van der Waals surface area contributed by atoms with Crippen molar-refractivity contribution < 1.29 is 14.6 Å². The molecule has 0 aliphatic rings. The molecule has 34 heavy (non-hydrogen) atoms. The van der Waals surface area contributed by atoms with Crippen molar-refractivity contribution in [3.05, 3.63) is 68.8 Å². The van der Waals surface area contributed by atoms with Crippen molar-refractivity contribution in [3.63, 3.8) is 0 Å². The fourth-order valence-electron chi connectivity index (χ4n) is 4.31. The average Bonchev–Trinajstić information content (AvgIpc) is 3.23. The van der Waals surface area contributed by atoms with Gasteiger partial charge in [-0.15, -0.1) is 11.3 Å². The third-order valence-corrected chi connectivity index (χ3v) is 6.78. The maximum Gasteiger partial charge on any atom is 0.408 e. The SMILES string of the molecule is Cc1cc(CO)c(-c2ccc(C(C)(C)NC(=O)OC(C)(C)C)cc2)c2c1[nH]c(=O)c1sccc12. The molecule has 2 heterocycles. The Bertz CT molecular complexity index is 1440. The summed E-state index contributed by atoms with van der Waals surface area (Å²) >= 11 is 1.41. The van der Waals surface area contributed by atoms with Crippen molar-refractivity contribution in [2.45, 2.75) is 59.3 Å². The number of aromatic nitrogens is 1. The molecule has 2 aromatic heterocycles. The number of alkyl carbamates (subject to hydrolysis) is 1. The molecule has 0 fully saturated rings. The molecule has 0 aliphatic carbocycles. The summed E-state index contributed by atoms with van der Waals surface area (Å²) in [6.07, 6.45) is -0.475. The van der Waals surface area contributed by atoms with Crippen LogP contribution in [0.5, 0.6) is 0 Å². The lowest BCUT2D eigenvalue weighted by Gasteiger charge is -2.29. The Morgan fingerprint density at radius 1 is 1.12 bits per heavy atom. The second kappa shape index (κ2) is 8.56. The average molecular weight is 479 g/mol. The van der Waals surface area contributed by atoms with Gasteiger partial charge in [-0.05, 0) is 80.8 Å². The van der Waals surface area contributed by atoms with Crippen LogP contribution < -0.4 is 10.9 Å². The Labute approximate surface area is 202 Å². The van der Waals surface area contributed by atoms with Crippen molar-refractivity contribution >= 4 is 38.4 Å². The normalized spacial score (nSPS) is 12.3. The van der Waals surface area contributed by atoms with Gasteiger partial charge in [0, 0.05) is 10.8 Å². The van der Waals surface area contributed by atoms with Gasteiger partial charge in [-0.2, -0.15) is 0 Å². The van der Waals surface area contributed by atoms with Crippen LogP contribution >= 0.6 is 11.3 Å². The molecule has 2 aromatic carbocycles. The van der Waals surface area contributed by atoms with Crippen molar-refractivity contribution in [1.29, 1.82) is 0 Å². The van der Waals surface area contributed by atoms with E-state index in [1.54, 1.807) is 0 Å². The number of benzene rings is 2. The molecular formula is C27H30N2O4S. The number of fused-ring (bicyclic) bond motifs is 3. The summed E-state index contributed by atoms with van der Waals surface area (Å²) < 4.78 is 6.08. The largest absolute Gasteiger partial charge is 0.444 e. The quantitative estimate of drug-likeness (QED) is 0.337. The number of carbonyl (C=O) groups excluding carboxylic acids is 1. The summed E-state index contributed by atoms with van der Waals surface area (Å²) in [6.45, 7) is 11.2. The summed E-state index contributed by atoms with van der Waals surface area (Å²) in [5, 5.41) is 16.8. The zero-order valence-corrected chi connectivity index (χ0v) is 21.1. The predicted octanol–water partition coefficient (Wildman–Crippen LogP) is 5.97. The van der Waals surface area contributed by atoms with Crippen LogP contribution in [0.3, 0.4) is 0 Å². The molecular weight excluding hydrogens is 448 g/mol. The Hall–Kier alpha value is -3.16. The second-order valence-electron chi connectivity index (χ2n) is 10.1. The van der Waals surface area contributed by atoms with Crippen LogP contribution in [0, 0.1) is 6.92 Å². The van der Waals surface area contributed by atoms with E-state index in [2.05, 4.69) is 10.3 Å². The number of aliphatic hydroxyl groups is 1. The summed E-state index contributed by atoms with van der Waals surface area (Å²) in [5.41, 5.74) is 3.88. The summed E-state index contributed by atoms with van der Waals surface area (Å²) in [5.74, 6) is 0. The van der Waals surface area contributed by atoms with Crippen LogP contribution in [-0.2, 0) is 16.9 Å². The van der Waals surface area contributed by atoms with E-state index in [1.165, 1.54) is 11.3 Å². The van der Waals surface area contributed by atoms with E-state index in [0.717, 1.165) is 44.1 Å². The van der Waals surface area contributed by atoms with E-state index in [1.807, 2.05) is 83.3 Å². The molecule has 0 radical (unpaired) electrons. The van der Waals surface area contributed by atoms with E-state index in [-0.39, 0.29) is 12.2 Å². The van der Waals surface area contributed by atoms with Crippen LogP contribution in [0.4, 0.5) is 4.79 Å². The molecule has 0 spiro atoms. The fourth-order valence-corrected chi connectivity index (χ4v) is 5.11. The van der Waals surface area contributed by atoms with E-state index in [9.17, 15) is 14.7 Å². The van der Waals surface area contributed by atoms with E-state index >= 15 is 0 Å². The van der Waals surface area contributed by atoms with Gasteiger partial charge >= 0.3 is 6.09 Å². The first kappa shape index (κ1) is 24.0. The number of nitrogens with one attached hydrogen (secondary N) is 2. The lowest BCUT2D eigenvalue weighted by molar-refractivity contribution is 0.0470. The summed E-state index contributed by atoms with van der Waals surface area (Å²) in [7, 11) is 0. The number of H-pyrrole nitrogens is 1. The van der Waals surface area contributed by atoms with Crippen molar-refractivity contribution in [1.82, 2.24) is 10.3 Å². The lowest BCUT2D eigenvalue weighted by Crippen LogP contribution is -2.43. The zero-order valence-electron chi connectivity index (χ0n) is 20.3. The third-order valence-electron chi connectivity index (χ3n) is 5.86. The molecule has 178 valence electrons. The third kappa shape index (κ3) is 4.45. The fraction of sp³-hybridized carbons (Fsp3) is 0.333. The highest BCUT2D eigenvalue weighted by Gasteiger charge is 2.26. The van der Waals surface area contributed by atoms with Gasteiger partial charge in [-0.1, -0.05) is 30.3 Å². The van der Waals surface area contributed by atoms with Gasteiger partial charge in [0.25, 0.3) is 5.56 Å². The Morgan fingerprint density at radius 3 is 2.41 bits per heavy atom. The van der Waals surface area contributed by atoms with E-state index < -0.39 is 17.2 Å². The number of pyridine rings is 1. The number of amides is 1. The predicted molar refractivity (Wildman–Crippen MR) is 138 cm³/mol. The first-order valence-electron chi connectivity index (χ1n) is 11.2. The van der Waals surface area contributed by atoms with Gasteiger partial charge in [-0.25, -0.2) is 4.79 Å². The van der Waals surface area contributed by atoms with Crippen LogP contribution in [0.25, 0.3) is 32.1 Å². The minimum absolute atomic E-state index is 0.103. The van der Waals surface area contributed by atoms with Gasteiger partial charge in [0.05, 0.1) is 17.7 Å². The lowest BCUT2D eigenvalue weighted by atomic mass is 9.88. The highest BCUT2D eigenvalue weighted by molar-refractivity contribution is 7.17. The number of aryl methyl sites for hydroxylation is 1. The minimum atomic E-state index is -0.651. The monoisotopic (exact) mass is 478 g/mol. The van der Waals surface area contributed by atoms with Crippen molar-refractivity contribution in [2.75, 3.05) is 0 Å². The van der Waals surface area contributed by atoms with Crippen molar-refractivity contribution in [3.8, 4) is 11.1 Å². The molecule has 0 saturated heterocycles. The van der Waals surface area contributed by atoms with E-state index in [0.29, 0.717) is 4.70 Å². The molecule has 6 nitrogen and oxygen atoms in total. The van der Waals surface area contributed by atoms with Crippen LogP contribution in [0.2, 0.25) is 0 Å². The number of ether oxygens (including phenoxy) is 1. The van der Waals surface area contributed by atoms with Crippen LogP contribution in [0.15, 0.2) is 46.6 Å². The number of aromatic amines is 1. The van der Waals surface area contributed by atoms with Gasteiger partial charge in [-0.3, -0.25) is 4.79 Å². The molecule has 0 saturated carbocycles. The molecule has 0 unspecified atom stereocenters. The maximum atomic E-state index is 12.6. The first-order valence-corrected chi connectivity index (χ1v) is 12.1. The number of aliphatic hydroxyl groups excluding tert-OH is 1. The van der Waals surface area contributed by atoms with Crippen LogP contribution in [-0.4, -0.2) is 21.8 Å². The molecule has 7 heteroatoms. The van der Waals surface area contributed by atoms with Gasteiger partial charge in [0.15, 0.2) is 0 Å². The standard InChI is InChI=1S/C27H30N2O4S/c1-15-13-17(14-30)20(21-19-11-12-34-23(19)24(31)28-22(15)21)16-7-9-18(10-8-16)27(5,6)29-25(32)33-26(2,3)4/h7-13,30H,14H2,1-6H3,(H,28,31)(H,29,32). The number of thiophene rings is 1. The van der Waals surface area contributed by atoms with Gasteiger partial charge in [0.2, 0.25) is 0 Å². The highest BCUT2D eigenvalue weighted by atomic mass is 32.1. The maximum absolute atomic E-state index is 12.6.